The molecular weight excluding hydrogens is 206 g/mol. The smallest absolute Gasteiger partial charge is 0.170 e. The van der Waals surface area contributed by atoms with Gasteiger partial charge in [-0.25, -0.2) is 4.98 Å². The summed E-state index contributed by atoms with van der Waals surface area (Å²) in [6, 6.07) is 3.54. The molecule has 0 atom stereocenters. The van der Waals surface area contributed by atoms with Gasteiger partial charge in [-0.1, -0.05) is 0 Å². The van der Waals surface area contributed by atoms with Gasteiger partial charge in [0.05, 0.1) is 32.4 Å². The van der Waals surface area contributed by atoms with Crippen LogP contribution < -0.4 is 15.2 Å². The summed E-state index contributed by atoms with van der Waals surface area (Å²) < 4.78 is 10.5. The minimum absolute atomic E-state index is 0.604. The van der Waals surface area contributed by atoms with Crippen molar-refractivity contribution in [1.29, 1.82) is 0 Å². The van der Waals surface area contributed by atoms with Crippen molar-refractivity contribution >= 4 is 5.69 Å². The van der Waals surface area contributed by atoms with Crippen molar-refractivity contribution in [1.82, 2.24) is 9.97 Å². The Balaban J connectivity index is 2.63. The standard InChI is InChI=1S/C11H13N3O2/c1-15-10-4-7(12)3-8(11(10)16-2)9-5-13-6-14-9/h3-6H,12H2,1-2H3,(H,13,14). The van der Waals surface area contributed by atoms with Crippen molar-refractivity contribution < 1.29 is 9.47 Å². The van der Waals surface area contributed by atoms with Gasteiger partial charge in [0, 0.05) is 17.3 Å². The average Bonchev–Trinajstić information content (AvgIpc) is 2.81. The van der Waals surface area contributed by atoms with E-state index in [9.17, 15) is 0 Å². The van der Waals surface area contributed by atoms with Crippen LogP contribution >= 0.6 is 0 Å². The lowest BCUT2D eigenvalue weighted by Gasteiger charge is -2.12. The number of rotatable bonds is 3. The molecule has 0 bridgehead atoms. The zero-order valence-electron chi connectivity index (χ0n) is 9.15. The molecule has 0 unspecified atom stereocenters. The number of methoxy groups -OCH3 is 2. The molecule has 84 valence electrons. The van der Waals surface area contributed by atoms with Gasteiger partial charge in [-0.05, 0) is 6.07 Å². The molecule has 0 saturated carbocycles. The Morgan fingerprint density at radius 1 is 1.25 bits per heavy atom. The van der Waals surface area contributed by atoms with Gasteiger partial charge >= 0.3 is 0 Å². The second kappa shape index (κ2) is 4.14. The highest BCUT2D eigenvalue weighted by Gasteiger charge is 2.13. The van der Waals surface area contributed by atoms with E-state index >= 15 is 0 Å². The predicted octanol–water partition coefficient (Wildman–Crippen LogP) is 1.68. The van der Waals surface area contributed by atoms with E-state index in [2.05, 4.69) is 9.97 Å². The van der Waals surface area contributed by atoms with E-state index < -0.39 is 0 Å². The van der Waals surface area contributed by atoms with Gasteiger partial charge in [-0.15, -0.1) is 0 Å². The average molecular weight is 219 g/mol. The summed E-state index contributed by atoms with van der Waals surface area (Å²) >= 11 is 0. The van der Waals surface area contributed by atoms with Crippen LogP contribution in [0, 0.1) is 0 Å². The first-order chi connectivity index (χ1) is 7.76. The third-order valence-electron chi connectivity index (χ3n) is 2.29. The lowest BCUT2D eigenvalue weighted by Crippen LogP contribution is -1.96. The van der Waals surface area contributed by atoms with Crippen molar-refractivity contribution in [2.45, 2.75) is 0 Å². The third kappa shape index (κ3) is 1.67. The molecule has 0 spiro atoms. The monoisotopic (exact) mass is 219 g/mol. The van der Waals surface area contributed by atoms with E-state index in [0.717, 1.165) is 11.3 Å². The van der Waals surface area contributed by atoms with Crippen LogP contribution in [0.25, 0.3) is 11.3 Å². The fourth-order valence-corrected chi connectivity index (χ4v) is 1.59. The molecule has 2 aromatic rings. The molecule has 0 aliphatic carbocycles. The molecule has 1 heterocycles. The Hall–Kier alpha value is -2.17. The second-order valence-electron chi connectivity index (χ2n) is 3.27. The number of H-pyrrole nitrogens is 1. The molecule has 0 aliphatic rings. The number of hydrogen-bond acceptors (Lipinski definition) is 4. The third-order valence-corrected chi connectivity index (χ3v) is 2.29. The normalized spacial score (nSPS) is 10.1. The topological polar surface area (TPSA) is 73.2 Å². The Labute approximate surface area is 93.2 Å². The fraction of sp³-hybridized carbons (Fsp3) is 0.182. The van der Waals surface area contributed by atoms with Crippen LogP contribution in [-0.4, -0.2) is 24.2 Å². The molecule has 0 radical (unpaired) electrons. The number of nitrogen functional groups attached to an aromatic ring is 1. The van der Waals surface area contributed by atoms with E-state index in [4.69, 9.17) is 15.2 Å². The largest absolute Gasteiger partial charge is 0.493 e. The highest BCUT2D eigenvalue weighted by atomic mass is 16.5. The number of ether oxygens (including phenoxy) is 2. The zero-order chi connectivity index (χ0) is 11.5. The SMILES string of the molecule is COc1cc(N)cc(-c2cnc[nH]2)c1OC. The summed E-state index contributed by atoms with van der Waals surface area (Å²) in [7, 11) is 3.17. The van der Waals surface area contributed by atoms with Crippen molar-refractivity contribution in [2.24, 2.45) is 0 Å². The van der Waals surface area contributed by atoms with Crippen LogP contribution in [0.15, 0.2) is 24.7 Å². The molecule has 1 aromatic carbocycles. The number of benzene rings is 1. The Kier molecular flexibility index (Phi) is 2.68. The van der Waals surface area contributed by atoms with E-state index in [1.165, 1.54) is 0 Å². The first-order valence-electron chi connectivity index (χ1n) is 4.76. The maximum atomic E-state index is 5.79. The zero-order valence-corrected chi connectivity index (χ0v) is 9.15. The van der Waals surface area contributed by atoms with Gasteiger partial charge in [-0.3, -0.25) is 0 Å². The highest BCUT2D eigenvalue weighted by molar-refractivity contribution is 5.75. The Morgan fingerprint density at radius 2 is 2.06 bits per heavy atom. The van der Waals surface area contributed by atoms with Crippen LogP contribution in [0.4, 0.5) is 5.69 Å². The number of hydrogen-bond donors (Lipinski definition) is 2. The summed E-state index contributed by atoms with van der Waals surface area (Å²) in [5, 5.41) is 0. The van der Waals surface area contributed by atoms with Gasteiger partial charge in [0.1, 0.15) is 0 Å². The summed E-state index contributed by atoms with van der Waals surface area (Å²) in [4.78, 5) is 6.97. The van der Waals surface area contributed by atoms with Crippen LogP contribution in [0.5, 0.6) is 11.5 Å². The van der Waals surface area contributed by atoms with Crippen molar-refractivity contribution in [2.75, 3.05) is 20.0 Å². The van der Waals surface area contributed by atoms with Crippen LogP contribution in [0.3, 0.4) is 0 Å². The van der Waals surface area contributed by atoms with Gasteiger partial charge in [0.25, 0.3) is 0 Å². The molecule has 0 saturated heterocycles. The van der Waals surface area contributed by atoms with E-state index in [1.807, 2.05) is 6.07 Å². The molecular formula is C11H13N3O2. The second-order valence-corrected chi connectivity index (χ2v) is 3.27. The minimum atomic E-state index is 0.604. The molecule has 0 amide bonds. The number of aromatic amines is 1. The first-order valence-corrected chi connectivity index (χ1v) is 4.76. The number of imidazole rings is 1. The van der Waals surface area contributed by atoms with E-state index in [1.54, 1.807) is 32.8 Å². The lowest BCUT2D eigenvalue weighted by atomic mass is 10.1. The van der Waals surface area contributed by atoms with Gasteiger partial charge in [0.15, 0.2) is 11.5 Å². The van der Waals surface area contributed by atoms with Gasteiger partial charge in [0.2, 0.25) is 0 Å². The molecule has 0 aliphatic heterocycles. The lowest BCUT2D eigenvalue weighted by molar-refractivity contribution is 0.356. The van der Waals surface area contributed by atoms with Gasteiger partial charge in [-0.2, -0.15) is 0 Å². The number of nitrogens with one attached hydrogen (secondary N) is 1. The highest BCUT2D eigenvalue weighted by Crippen LogP contribution is 2.39. The molecule has 5 heteroatoms. The molecule has 3 N–H and O–H groups in total. The summed E-state index contributed by atoms with van der Waals surface area (Å²) in [6.45, 7) is 0. The van der Waals surface area contributed by atoms with E-state index in [0.29, 0.717) is 17.2 Å². The Bertz CT molecular complexity index is 480. The van der Waals surface area contributed by atoms with Crippen molar-refractivity contribution in [3.8, 4) is 22.8 Å². The minimum Gasteiger partial charge on any atom is -0.493 e. The van der Waals surface area contributed by atoms with Gasteiger partial charge < -0.3 is 20.2 Å². The Morgan fingerprint density at radius 3 is 2.62 bits per heavy atom. The maximum absolute atomic E-state index is 5.79. The molecule has 5 nitrogen and oxygen atoms in total. The number of nitrogens with zero attached hydrogens (tertiary/aromatic N) is 1. The predicted molar refractivity (Wildman–Crippen MR) is 61.5 cm³/mol. The number of anilines is 1. The van der Waals surface area contributed by atoms with Crippen LogP contribution in [-0.2, 0) is 0 Å². The summed E-state index contributed by atoms with van der Waals surface area (Å²) in [6.07, 6.45) is 3.31. The quantitative estimate of drug-likeness (QED) is 0.770. The molecule has 2 rings (SSSR count). The molecule has 1 aromatic heterocycles. The number of nitrogens with two attached hydrogens (primary N) is 1. The van der Waals surface area contributed by atoms with Crippen LogP contribution in [0.1, 0.15) is 0 Å². The number of aromatic nitrogens is 2. The fourth-order valence-electron chi connectivity index (χ4n) is 1.59. The maximum Gasteiger partial charge on any atom is 0.170 e. The first kappa shape index (κ1) is 10.4. The van der Waals surface area contributed by atoms with Crippen LogP contribution in [0.2, 0.25) is 0 Å². The van der Waals surface area contributed by atoms with Crippen molar-refractivity contribution in [3.63, 3.8) is 0 Å². The summed E-state index contributed by atoms with van der Waals surface area (Å²) in [5.41, 5.74) is 8.07. The van der Waals surface area contributed by atoms with Crippen molar-refractivity contribution in [3.05, 3.63) is 24.7 Å². The summed E-state index contributed by atoms with van der Waals surface area (Å²) in [5.74, 6) is 1.24. The molecule has 0 fully saturated rings. The van der Waals surface area contributed by atoms with E-state index in [-0.39, 0.29) is 0 Å². The molecule has 16 heavy (non-hydrogen) atoms.